The van der Waals surface area contributed by atoms with E-state index in [1.54, 1.807) is 0 Å². The van der Waals surface area contributed by atoms with Gasteiger partial charge in [-0.2, -0.15) is 4.98 Å². The number of hydrogen-bond donors (Lipinski definition) is 1. The van der Waals surface area contributed by atoms with Crippen LogP contribution in [0.25, 0.3) is 11.3 Å². The van der Waals surface area contributed by atoms with Gasteiger partial charge in [-0.3, -0.25) is 0 Å². The molecule has 5 rings (SSSR count). The predicted molar refractivity (Wildman–Crippen MR) is 126 cm³/mol. The topological polar surface area (TPSA) is 61.5 Å². The molecule has 1 aromatic heterocycles. The summed E-state index contributed by atoms with van der Waals surface area (Å²) in [7, 11) is 2.16. The van der Waals surface area contributed by atoms with Crippen LogP contribution in [0.15, 0.2) is 42.3 Å². The molecule has 0 atom stereocenters. The molecule has 6 heteroatoms. The molecule has 2 fully saturated rings. The molecular weight excluding hydrogens is 384 g/mol. The molecule has 1 saturated carbocycles. The van der Waals surface area contributed by atoms with Gasteiger partial charge in [-0.15, -0.1) is 5.73 Å². The quantitative estimate of drug-likeness (QED) is 0.755. The highest BCUT2D eigenvalue weighted by Crippen LogP contribution is 2.37. The van der Waals surface area contributed by atoms with E-state index >= 15 is 0 Å². The van der Waals surface area contributed by atoms with Crippen LogP contribution in [-0.2, 0) is 13.0 Å². The summed E-state index contributed by atoms with van der Waals surface area (Å²) < 4.78 is 0. The Morgan fingerprint density at radius 3 is 2.65 bits per heavy atom. The molecule has 31 heavy (non-hydrogen) atoms. The van der Waals surface area contributed by atoms with Crippen molar-refractivity contribution >= 4 is 11.8 Å². The van der Waals surface area contributed by atoms with Crippen LogP contribution in [0.4, 0.5) is 11.8 Å². The first-order valence-electron chi connectivity index (χ1n) is 11.4. The second-order valence-corrected chi connectivity index (χ2v) is 9.19. The first-order chi connectivity index (χ1) is 15.1. The lowest BCUT2D eigenvalue weighted by molar-refractivity contribution is 0.308. The van der Waals surface area contributed by atoms with E-state index in [2.05, 4.69) is 68.3 Å². The zero-order valence-electron chi connectivity index (χ0n) is 18.5. The number of benzene rings is 1. The molecule has 162 valence electrons. The average molecular weight is 417 g/mol. The fourth-order valence-electron chi connectivity index (χ4n) is 4.65. The molecule has 1 aliphatic carbocycles. The van der Waals surface area contributed by atoms with E-state index in [4.69, 9.17) is 5.73 Å². The van der Waals surface area contributed by atoms with E-state index in [0.29, 0.717) is 5.95 Å². The third-order valence-corrected chi connectivity index (χ3v) is 6.84. The average Bonchev–Trinajstić information content (AvgIpc) is 3.61. The minimum Gasteiger partial charge on any atom is -0.368 e. The highest BCUT2D eigenvalue weighted by atomic mass is 15.3. The van der Waals surface area contributed by atoms with Crippen LogP contribution in [0.3, 0.4) is 0 Å². The van der Waals surface area contributed by atoms with Crippen LogP contribution in [-0.4, -0.2) is 59.5 Å². The molecule has 0 bridgehead atoms. The molecule has 6 nitrogen and oxygen atoms in total. The van der Waals surface area contributed by atoms with Gasteiger partial charge in [0.1, 0.15) is 5.82 Å². The summed E-state index contributed by atoms with van der Waals surface area (Å²) in [6, 6.07) is 8.81. The first kappa shape index (κ1) is 20.1. The van der Waals surface area contributed by atoms with Crippen LogP contribution in [0.2, 0.25) is 0 Å². The van der Waals surface area contributed by atoms with Gasteiger partial charge in [0.05, 0.1) is 11.4 Å². The Hall–Kier alpha value is -2.82. The molecule has 1 saturated heterocycles. The van der Waals surface area contributed by atoms with Crippen molar-refractivity contribution in [2.45, 2.75) is 32.2 Å². The number of fused-ring (bicyclic) bond motifs is 1. The van der Waals surface area contributed by atoms with Gasteiger partial charge in [-0.25, -0.2) is 4.98 Å². The maximum absolute atomic E-state index is 6.11. The summed E-state index contributed by atoms with van der Waals surface area (Å²) in [4.78, 5) is 16.2. The van der Waals surface area contributed by atoms with Gasteiger partial charge in [0.2, 0.25) is 5.95 Å². The zero-order valence-corrected chi connectivity index (χ0v) is 18.5. The molecule has 0 amide bonds. The zero-order chi connectivity index (χ0) is 21.4. The maximum atomic E-state index is 6.11. The van der Waals surface area contributed by atoms with Crippen molar-refractivity contribution in [3.8, 4) is 11.3 Å². The molecule has 0 unspecified atom stereocenters. The van der Waals surface area contributed by atoms with E-state index in [1.807, 2.05) is 0 Å². The molecule has 0 radical (unpaired) electrons. The highest BCUT2D eigenvalue weighted by Gasteiger charge is 2.26. The van der Waals surface area contributed by atoms with Crippen molar-refractivity contribution in [3.63, 3.8) is 0 Å². The highest BCUT2D eigenvalue weighted by molar-refractivity contribution is 5.66. The number of nitrogens with two attached hydrogens (primary N) is 1. The van der Waals surface area contributed by atoms with Crippen molar-refractivity contribution in [1.29, 1.82) is 0 Å². The Balaban J connectivity index is 1.39. The van der Waals surface area contributed by atoms with Gasteiger partial charge >= 0.3 is 0 Å². The minimum absolute atomic E-state index is 0.340. The second kappa shape index (κ2) is 8.37. The summed E-state index contributed by atoms with van der Waals surface area (Å²) in [6.45, 7) is 9.92. The first-order valence-corrected chi connectivity index (χ1v) is 11.4. The molecule has 3 heterocycles. The van der Waals surface area contributed by atoms with Gasteiger partial charge < -0.3 is 20.4 Å². The Kier molecular flexibility index (Phi) is 5.43. The number of anilines is 2. The van der Waals surface area contributed by atoms with Crippen LogP contribution in [0, 0.1) is 5.92 Å². The lowest BCUT2D eigenvalue weighted by Crippen LogP contribution is -2.44. The molecule has 0 spiro atoms. The van der Waals surface area contributed by atoms with E-state index in [0.717, 1.165) is 75.1 Å². The summed E-state index contributed by atoms with van der Waals surface area (Å²) >= 11 is 0. The Morgan fingerprint density at radius 2 is 1.90 bits per heavy atom. The van der Waals surface area contributed by atoms with Gasteiger partial charge in [-0.05, 0) is 55.8 Å². The molecule has 2 N–H and O–H groups in total. The number of nitrogens with zero attached hydrogens (tertiary/aromatic N) is 5. The van der Waals surface area contributed by atoms with E-state index in [-0.39, 0.29) is 0 Å². The van der Waals surface area contributed by atoms with Crippen molar-refractivity contribution in [3.05, 3.63) is 53.4 Å². The molecular formula is C25H32N6. The van der Waals surface area contributed by atoms with Crippen LogP contribution >= 0.6 is 0 Å². The van der Waals surface area contributed by atoms with Gasteiger partial charge in [0.15, 0.2) is 0 Å². The molecule has 2 aromatic rings. The largest absolute Gasteiger partial charge is 0.368 e. The number of aromatic nitrogens is 2. The summed E-state index contributed by atoms with van der Waals surface area (Å²) in [5, 5.41) is 0. The third-order valence-electron chi connectivity index (χ3n) is 6.84. The van der Waals surface area contributed by atoms with E-state index in [1.165, 1.54) is 29.7 Å². The predicted octanol–water partition coefficient (Wildman–Crippen LogP) is 3.30. The number of nitrogen functional groups attached to an aromatic ring is 1. The van der Waals surface area contributed by atoms with Crippen molar-refractivity contribution in [2.75, 3.05) is 50.4 Å². The second-order valence-electron chi connectivity index (χ2n) is 9.19. The van der Waals surface area contributed by atoms with Gasteiger partial charge in [0, 0.05) is 50.9 Å². The third kappa shape index (κ3) is 4.46. The summed E-state index contributed by atoms with van der Waals surface area (Å²) in [6.07, 6.45) is 4.88. The smallest absolute Gasteiger partial charge is 0.222 e. The Morgan fingerprint density at radius 1 is 1.10 bits per heavy atom. The fourth-order valence-corrected chi connectivity index (χ4v) is 4.65. The summed E-state index contributed by atoms with van der Waals surface area (Å²) in [5.41, 5.74) is 15.4. The maximum Gasteiger partial charge on any atom is 0.222 e. The van der Waals surface area contributed by atoms with Gasteiger partial charge in [-0.1, -0.05) is 18.7 Å². The number of likely N-dealkylation sites (N-methyl/N-ethyl adjacent to an activating group) is 1. The van der Waals surface area contributed by atoms with Crippen LogP contribution in [0.5, 0.6) is 0 Å². The lowest BCUT2D eigenvalue weighted by atomic mass is 9.95. The number of piperazine rings is 1. The standard InChI is InChI=1S/C25H32N6/c1-3-22(14-18-4-5-18)31-9-8-19-6-7-20(15-21(19)17-31)23-16-24(28-25(26)27-23)30-12-10-29(2)11-13-30/h6-7,15-16,18H,1,4-5,8-14,17H2,2H3,(H2,26,27,28). The van der Waals surface area contributed by atoms with E-state index in [9.17, 15) is 0 Å². The number of hydrogen-bond acceptors (Lipinski definition) is 6. The summed E-state index contributed by atoms with van der Waals surface area (Å²) in [5.74, 6) is 2.11. The molecule has 1 aromatic carbocycles. The van der Waals surface area contributed by atoms with Crippen LogP contribution < -0.4 is 10.6 Å². The monoisotopic (exact) mass is 416 g/mol. The van der Waals surface area contributed by atoms with Crippen molar-refractivity contribution in [1.82, 2.24) is 19.8 Å². The fraction of sp³-hybridized carbons (Fsp3) is 0.480. The normalized spacial score (nSPS) is 19.1. The number of allylic oxidation sites excluding steroid dienone is 1. The van der Waals surface area contributed by atoms with E-state index < -0.39 is 0 Å². The molecule has 3 aliphatic rings. The Labute approximate surface area is 185 Å². The number of rotatable bonds is 5. The lowest BCUT2D eigenvalue weighted by Gasteiger charge is -2.33. The van der Waals surface area contributed by atoms with Crippen molar-refractivity contribution < 1.29 is 0 Å². The van der Waals surface area contributed by atoms with Crippen LogP contribution in [0.1, 0.15) is 30.4 Å². The Bertz CT molecular complexity index is 1010. The molecule has 2 aliphatic heterocycles. The van der Waals surface area contributed by atoms with Crippen molar-refractivity contribution in [2.24, 2.45) is 5.92 Å². The SMILES string of the molecule is C=C=C(CC1CC1)N1CCc2ccc(-c3cc(N4CCN(C)CC4)nc(N)n3)cc2C1. The minimum atomic E-state index is 0.340. The van der Waals surface area contributed by atoms with Gasteiger partial charge in [0.25, 0.3) is 0 Å².